The molecule has 0 saturated heterocycles. The summed E-state index contributed by atoms with van der Waals surface area (Å²) in [5, 5.41) is 4.24. The lowest BCUT2D eigenvalue weighted by Gasteiger charge is -2.09. The number of hydrogen-bond donors (Lipinski definition) is 1. The molecule has 0 aromatic carbocycles. The fraction of sp³-hybridized carbons (Fsp3) is 0.667. The van der Waals surface area contributed by atoms with Crippen molar-refractivity contribution in [1.82, 2.24) is 9.78 Å². The zero-order valence-electron chi connectivity index (χ0n) is 8.45. The summed E-state index contributed by atoms with van der Waals surface area (Å²) in [7, 11) is 0. The van der Waals surface area contributed by atoms with Crippen molar-refractivity contribution in [3.63, 3.8) is 0 Å². The molecule has 1 aromatic rings. The Hall–Kier alpha value is -0.640. The highest BCUT2D eigenvalue weighted by Gasteiger charge is 2.07. The molecular weight excluding hydrogens is 182 g/mol. The van der Waals surface area contributed by atoms with Crippen molar-refractivity contribution in [2.75, 3.05) is 11.5 Å². The van der Waals surface area contributed by atoms with E-state index in [9.17, 15) is 0 Å². The second-order valence-corrected chi connectivity index (χ2v) is 4.51. The van der Waals surface area contributed by atoms with Crippen LogP contribution in [0.3, 0.4) is 0 Å². The van der Waals surface area contributed by atoms with E-state index >= 15 is 0 Å². The molecular formula is C9H17N3S. The number of hydrogen-bond acceptors (Lipinski definition) is 3. The standard InChI is InChI=1S/C9H17N3S/c1-4-13-6-8-5-9(10)11-12(8)7(2)3/h5,7H,4,6H2,1-3H3,(H2,10,11). The van der Waals surface area contributed by atoms with Crippen LogP contribution >= 0.6 is 11.8 Å². The summed E-state index contributed by atoms with van der Waals surface area (Å²) in [6.07, 6.45) is 0. The highest BCUT2D eigenvalue weighted by molar-refractivity contribution is 7.98. The Labute approximate surface area is 83.7 Å². The van der Waals surface area contributed by atoms with Gasteiger partial charge in [0.15, 0.2) is 0 Å². The van der Waals surface area contributed by atoms with Gasteiger partial charge >= 0.3 is 0 Å². The lowest BCUT2D eigenvalue weighted by molar-refractivity contribution is 0.519. The van der Waals surface area contributed by atoms with Crippen molar-refractivity contribution in [1.29, 1.82) is 0 Å². The van der Waals surface area contributed by atoms with E-state index in [0.29, 0.717) is 11.9 Å². The summed E-state index contributed by atoms with van der Waals surface area (Å²) >= 11 is 1.89. The maximum absolute atomic E-state index is 5.65. The molecule has 0 fully saturated rings. The van der Waals surface area contributed by atoms with Crippen molar-refractivity contribution >= 4 is 17.6 Å². The Bertz CT molecular complexity index is 268. The topological polar surface area (TPSA) is 43.8 Å². The molecule has 0 aliphatic rings. The zero-order chi connectivity index (χ0) is 9.84. The smallest absolute Gasteiger partial charge is 0.145 e. The van der Waals surface area contributed by atoms with Crippen LogP contribution in [0.25, 0.3) is 0 Å². The van der Waals surface area contributed by atoms with Crippen molar-refractivity contribution < 1.29 is 0 Å². The van der Waals surface area contributed by atoms with E-state index in [0.717, 1.165) is 11.5 Å². The zero-order valence-corrected chi connectivity index (χ0v) is 9.27. The summed E-state index contributed by atoms with van der Waals surface area (Å²) in [6.45, 7) is 6.39. The first-order valence-corrected chi connectivity index (χ1v) is 5.72. The minimum Gasteiger partial charge on any atom is -0.382 e. The Morgan fingerprint density at radius 1 is 1.62 bits per heavy atom. The van der Waals surface area contributed by atoms with E-state index in [-0.39, 0.29) is 0 Å². The maximum atomic E-state index is 5.65. The van der Waals surface area contributed by atoms with Gasteiger partial charge in [0.2, 0.25) is 0 Å². The van der Waals surface area contributed by atoms with Gasteiger partial charge in [-0.2, -0.15) is 16.9 Å². The normalized spacial score (nSPS) is 11.1. The van der Waals surface area contributed by atoms with Gasteiger partial charge in [-0.3, -0.25) is 4.68 Å². The molecule has 0 spiro atoms. The van der Waals surface area contributed by atoms with Gasteiger partial charge < -0.3 is 5.73 Å². The van der Waals surface area contributed by atoms with E-state index < -0.39 is 0 Å². The number of anilines is 1. The number of rotatable bonds is 4. The molecule has 1 rings (SSSR count). The largest absolute Gasteiger partial charge is 0.382 e. The number of nitrogen functional groups attached to an aromatic ring is 1. The third kappa shape index (κ3) is 2.66. The monoisotopic (exact) mass is 199 g/mol. The highest BCUT2D eigenvalue weighted by Crippen LogP contribution is 2.17. The Morgan fingerprint density at radius 2 is 2.31 bits per heavy atom. The highest BCUT2D eigenvalue weighted by atomic mass is 32.2. The second kappa shape index (κ2) is 4.56. The summed E-state index contributed by atoms with van der Waals surface area (Å²) in [5.41, 5.74) is 6.87. The summed E-state index contributed by atoms with van der Waals surface area (Å²) in [5.74, 6) is 2.75. The third-order valence-corrected chi connectivity index (χ3v) is 2.68. The van der Waals surface area contributed by atoms with Crippen LogP contribution < -0.4 is 5.73 Å². The molecule has 3 nitrogen and oxygen atoms in total. The first kappa shape index (κ1) is 10.4. The molecule has 0 aliphatic heterocycles. The van der Waals surface area contributed by atoms with Crippen molar-refractivity contribution in [3.8, 4) is 0 Å². The minimum absolute atomic E-state index is 0.393. The van der Waals surface area contributed by atoms with Crippen molar-refractivity contribution in [2.45, 2.75) is 32.6 Å². The van der Waals surface area contributed by atoms with Crippen LogP contribution in [0.15, 0.2) is 6.07 Å². The van der Waals surface area contributed by atoms with Crippen LogP contribution in [0, 0.1) is 0 Å². The van der Waals surface area contributed by atoms with E-state index in [4.69, 9.17) is 5.73 Å². The van der Waals surface area contributed by atoms with Crippen LogP contribution in [0.4, 0.5) is 5.82 Å². The van der Waals surface area contributed by atoms with Crippen LogP contribution in [0.5, 0.6) is 0 Å². The summed E-state index contributed by atoms with van der Waals surface area (Å²) in [4.78, 5) is 0. The lowest BCUT2D eigenvalue weighted by Crippen LogP contribution is -2.07. The molecule has 4 heteroatoms. The van der Waals surface area contributed by atoms with E-state index in [1.54, 1.807) is 0 Å². The molecule has 0 unspecified atom stereocenters. The number of aromatic nitrogens is 2. The van der Waals surface area contributed by atoms with Crippen LogP contribution in [-0.4, -0.2) is 15.5 Å². The predicted octanol–water partition coefficient (Wildman–Crippen LogP) is 2.30. The van der Waals surface area contributed by atoms with Gasteiger partial charge in [0.05, 0.1) is 5.69 Å². The average Bonchev–Trinajstić information content (AvgIpc) is 2.43. The summed E-state index contributed by atoms with van der Waals surface area (Å²) in [6, 6.07) is 2.35. The van der Waals surface area contributed by atoms with Gasteiger partial charge in [-0.15, -0.1) is 0 Å². The molecule has 0 saturated carbocycles. The minimum atomic E-state index is 0.393. The number of nitrogens with two attached hydrogens (primary N) is 1. The van der Waals surface area contributed by atoms with Gasteiger partial charge in [0, 0.05) is 17.9 Å². The Balaban J connectivity index is 2.78. The SMILES string of the molecule is CCSCc1cc(N)nn1C(C)C. The third-order valence-electron chi connectivity index (χ3n) is 1.78. The molecule has 0 radical (unpaired) electrons. The average molecular weight is 199 g/mol. The van der Waals surface area contributed by atoms with E-state index in [2.05, 4.69) is 25.9 Å². The van der Waals surface area contributed by atoms with Gasteiger partial charge in [0.25, 0.3) is 0 Å². The molecule has 0 aliphatic carbocycles. The molecule has 74 valence electrons. The van der Waals surface area contributed by atoms with Gasteiger partial charge in [-0.05, 0) is 19.6 Å². The molecule has 0 bridgehead atoms. The molecule has 1 heterocycles. The Kier molecular flexibility index (Phi) is 3.66. The van der Waals surface area contributed by atoms with Gasteiger partial charge in [-0.25, -0.2) is 0 Å². The predicted molar refractivity (Wildman–Crippen MR) is 58.9 cm³/mol. The molecule has 13 heavy (non-hydrogen) atoms. The van der Waals surface area contributed by atoms with Crippen LogP contribution in [0.2, 0.25) is 0 Å². The number of thioether (sulfide) groups is 1. The van der Waals surface area contributed by atoms with Crippen LogP contribution in [-0.2, 0) is 5.75 Å². The summed E-state index contributed by atoms with van der Waals surface area (Å²) < 4.78 is 2.00. The van der Waals surface area contributed by atoms with E-state index in [1.807, 2.05) is 22.5 Å². The fourth-order valence-electron chi connectivity index (χ4n) is 1.22. The molecule has 0 atom stereocenters. The second-order valence-electron chi connectivity index (χ2n) is 3.24. The lowest BCUT2D eigenvalue weighted by atomic mass is 10.4. The molecule has 1 aromatic heterocycles. The maximum Gasteiger partial charge on any atom is 0.145 e. The van der Waals surface area contributed by atoms with E-state index in [1.165, 1.54) is 5.69 Å². The van der Waals surface area contributed by atoms with Crippen molar-refractivity contribution in [3.05, 3.63) is 11.8 Å². The van der Waals surface area contributed by atoms with Crippen molar-refractivity contribution in [2.24, 2.45) is 0 Å². The first-order valence-electron chi connectivity index (χ1n) is 4.56. The van der Waals surface area contributed by atoms with Gasteiger partial charge in [0.1, 0.15) is 5.82 Å². The Morgan fingerprint density at radius 3 is 2.85 bits per heavy atom. The quantitative estimate of drug-likeness (QED) is 0.809. The fourth-order valence-corrected chi connectivity index (χ4v) is 1.84. The first-order chi connectivity index (χ1) is 6.15. The van der Waals surface area contributed by atoms with Crippen LogP contribution in [0.1, 0.15) is 32.5 Å². The number of nitrogens with zero attached hydrogens (tertiary/aromatic N) is 2. The molecule has 0 amide bonds. The van der Waals surface area contributed by atoms with Gasteiger partial charge in [-0.1, -0.05) is 6.92 Å². The molecule has 2 N–H and O–H groups in total.